The zero-order chi connectivity index (χ0) is 15.9. The van der Waals surface area contributed by atoms with Gasteiger partial charge in [-0.25, -0.2) is 9.07 Å². The predicted octanol–water partition coefficient (Wildman–Crippen LogP) is 1.91. The highest BCUT2D eigenvalue weighted by Gasteiger charge is 2.16. The Hall–Kier alpha value is -2.21. The average Bonchev–Trinajstić information content (AvgIpc) is 2.96. The molecule has 2 aromatic rings. The van der Waals surface area contributed by atoms with Crippen molar-refractivity contribution in [3.05, 3.63) is 47.5 Å². The first-order valence-corrected chi connectivity index (χ1v) is 7.49. The van der Waals surface area contributed by atoms with Crippen molar-refractivity contribution in [1.29, 1.82) is 0 Å². The lowest BCUT2D eigenvalue weighted by Crippen LogP contribution is -2.32. The van der Waals surface area contributed by atoms with Gasteiger partial charge in [0.25, 0.3) is 5.91 Å². The van der Waals surface area contributed by atoms with Gasteiger partial charge in [-0.05, 0) is 37.2 Å². The number of nitrogens with zero attached hydrogens (tertiary/aromatic N) is 2. The maximum absolute atomic E-state index is 13.0. The minimum Gasteiger partial charge on any atom is -0.351 e. The van der Waals surface area contributed by atoms with Crippen LogP contribution in [0.15, 0.2) is 30.5 Å². The molecular weight excluding hydrogens is 283 g/mol. The van der Waals surface area contributed by atoms with E-state index in [-0.39, 0.29) is 11.7 Å². The maximum atomic E-state index is 13.0. The summed E-state index contributed by atoms with van der Waals surface area (Å²) in [6.45, 7) is 6.15. The Bertz CT molecular complexity index is 622. The van der Waals surface area contributed by atoms with Gasteiger partial charge in [-0.3, -0.25) is 4.79 Å². The van der Waals surface area contributed by atoms with Gasteiger partial charge in [-0.15, -0.1) is 0 Å². The first-order chi connectivity index (χ1) is 10.7. The number of aromatic nitrogens is 2. The van der Waals surface area contributed by atoms with Gasteiger partial charge < -0.3 is 10.6 Å². The van der Waals surface area contributed by atoms with Gasteiger partial charge in [0, 0.05) is 13.1 Å². The van der Waals surface area contributed by atoms with Crippen molar-refractivity contribution >= 4 is 5.91 Å². The molecule has 0 bridgehead atoms. The highest BCUT2D eigenvalue weighted by molar-refractivity contribution is 5.95. The molecule has 0 saturated carbocycles. The van der Waals surface area contributed by atoms with Crippen molar-refractivity contribution in [1.82, 2.24) is 20.4 Å². The standard InChI is InChI=1S/C16H21FN4O/c1-3-15-14(16(22)19-10-9-18-4-2)11-20-21(15)13-7-5-12(17)6-8-13/h5-8,11,18H,3-4,9-10H2,1-2H3,(H,19,22). The van der Waals surface area contributed by atoms with Crippen LogP contribution < -0.4 is 10.6 Å². The molecule has 22 heavy (non-hydrogen) atoms. The molecule has 0 aliphatic carbocycles. The van der Waals surface area contributed by atoms with Crippen LogP contribution in [0, 0.1) is 5.82 Å². The third-order valence-electron chi connectivity index (χ3n) is 3.36. The quantitative estimate of drug-likeness (QED) is 0.768. The molecule has 2 N–H and O–H groups in total. The molecule has 1 amide bonds. The first-order valence-electron chi connectivity index (χ1n) is 7.49. The molecule has 0 saturated heterocycles. The fourth-order valence-electron chi connectivity index (χ4n) is 2.24. The molecule has 0 aliphatic heterocycles. The number of carbonyl (C=O) groups excluding carboxylic acids is 1. The number of likely N-dealkylation sites (N-methyl/N-ethyl adjacent to an activating group) is 1. The molecule has 1 aromatic heterocycles. The maximum Gasteiger partial charge on any atom is 0.254 e. The van der Waals surface area contributed by atoms with Crippen molar-refractivity contribution in [2.75, 3.05) is 19.6 Å². The molecule has 0 atom stereocenters. The number of amides is 1. The second-order valence-corrected chi connectivity index (χ2v) is 4.86. The van der Waals surface area contributed by atoms with Crippen LogP contribution in [0.3, 0.4) is 0 Å². The summed E-state index contributed by atoms with van der Waals surface area (Å²) < 4.78 is 14.7. The van der Waals surface area contributed by atoms with Crippen molar-refractivity contribution in [3.63, 3.8) is 0 Å². The van der Waals surface area contributed by atoms with Gasteiger partial charge in [0.2, 0.25) is 0 Å². The predicted molar refractivity (Wildman–Crippen MR) is 83.8 cm³/mol. The van der Waals surface area contributed by atoms with Gasteiger partial charge in [0.05, 0.1) is 23.1 Å². The smallest absolute Gasteiger partial charge is 0.254 e. The third-order valence-corrected chi connectivity index (χ3v) is 3.36. The average molecular weight is 304 g/mol. The van der Waals surface area contributed by atoms with Crippen molar-refractivity contribution in [2.45, 2.75) is 20.3 Å². The number of hydrogen-bond donors (Lipinski definition) is 2. The Morgan fingerprint density at radius 3 is 2.59 bits per heavy atom. The Balaban J connectivity index is 2.16. The van der Waals surface area contributed by atoms with Crippen LogP contribution in [0.5, 0.6) is 0 Å². The Morgan fingerprint density at radius 1 is 1.23 bits per heavy atom. The molecule has 0 aliphatic rings. The second-order valence-electron chi connectivity index (χ2n) is 4.86. The van der Waals surface area contributed by atoms with Crippen molar-refractivity contribution in [3.8, 4) is 5.69 Å². The third kappa shape index (κ3) is 3.71. The Morgan fingerprint density at radius 2 is 1.95 bits per heavy atom. The lowest BCUT2D eigenvalue weighted by atomic mass is 10.2. The minimum atomic E-state index is -0.296. The summed E-state index contributed by atoms with van der Waals surface area (Å²) in [7, 11) is 0. The molecule has 5 nitrogen and oxygen atoms in total. The van der Waals surface area contributed by atoms with E-state index >= 15 is 0 Å². The number of halogens is 1. The van der Waals surface area contributed by atoms with Crippen LogP contribution in [-0.4, -0.2) is 35.3 Å². The highest BCUT2D eigenvalue weighted by atomic mass is 19.1. The molecule has 6 heteroatoms. The minimum absolute atomic E-state index is 0.136. The molecule has 1 heterocycles. The lowest BCUT2D eigenvalue weighted by molar-refractivity contribution is 0.0953. The van der Waals surface area contributed by atoms with E-state index < -0.39 is 0 Å². The van der Waals surface area contributed by atoms with E-state index in [1.807, 2.05) is 13.8 Å². The Kier molecular flexibility index (Phi) is 5.66. The summed E-state index contributed by atoms with van der Waals surface area (Å²) in [6, 6.07) is 6.06. The van der Waals surface area contributed by atoms with E-state index in [2.05, 4.69) is 15.7 Å². The van der Waals surface area contributed by atoms with E-state index in [0.29, 0.717) is 18.5 Å². The highest BCUT2D eigenvalue weighted by Crippen LogP contribution is 2.16. The summed E-state index contributed by atoms with van der Waals surface area (Å²) in [4.78, 5) is 12.2. The molecule has 0 spiro atoms. The molecule has 0 unspecified atom stereocenters. The Labute approximate surface area is 129 Å². The number of hydrogen-bond acceptors (Lipinski definition) is 3. The number of rotatable bonds is 7. The van der Waals surface area contributed by atoms with Crippen LogP contribution in [0.25, 0.3) is 5.69 Å². The van der Waals surface area contributed by atoms with Crippen LogP contribution in [0.4, 0.5) is 4.39 Å². The number of carbonyl (C=O) groups is 1. The van der Waals surface area contributed by atoms with E-state index in [1.165, 1.54) is 12.1 Å². The van der Waals surface area contributed by atoms with Crippen LogP contribution in [0.2, 0.25) is 0 Å². The summed E-state index contributed by atoms with van der Waals surface area (Å²) in [5.74, 6) is -0.432. The molecule has 0 fully saturated rings. The summed E-state index contributed by atoms with van der Waals surface area (Å²) in [6.07, 6.45) is 2.22. The van der Waals surface area contributed by atoms with E-state index in [1.54, 1.807) is 23.0 Å². The topological polar surface area (TPSA) is 58.9 Å². The zero-order valence-electron chi connectivity index (χ0n) is 12.9. The lowest BCUT2D eigenvalue weighted by Gasteiger charge is -2.09. The summed E-state index contributed by atoms with van der Waals surface area (Å²) in [5.41, 5.74) is 2.11. The van der Waals surface area contributed by atoms with Crippen molar-refractivity contribution in [2.24, 2.45) is 0 Å². The molecule has 118 valence electrons. The molecule has 1 aromatic carbocycles. The van der Waals surface area contributed by atoms with Crippen LogP contribution in [0.1, 0.15) is 29.9 Å². The van der Waals surface area contributed by atoms with Gasteiger partial charge in [0.1, 0.15) is 5.82 Å². The largest absolute Gasteiger partial charge is 0.351 e. The number of nitrogens with one attached hydrogen (secondary N) is 2. The van der Waals surface area contributed by atoms with E-state index in [0.717, 1.165) is 24.5 Å². The first kappa shape index (κ1) is 16.2. The van der Waals surface area contributed by atoms with Crippen molar-refractivity contribution < 1.29 is 9.18 Å². The monoisotopic (exact) mass is 304 g/mol. The fourth-order valence-corrected chi connectivity index (χ4v) is 2.24. The molecular formula is C16H21FN4O. The number of benzene rings is 1. The molecule has 2 rings (SSSR count). The molecule has 0 radical (unpaired) electrons. The van der Waals surface area contributed by atoms with Crippen LogP contribution in [-0.2, 0) is 6.42 Å². The van der Waals surface area contributed by atoms with Gasteiger partial charge >= 0.3 is 0 Å². The van der Waals surface area contributed by atoms with Gasteiger partial charge in [0.15, 0.2) is 0 Å². The SMILES string of the molecule is CCNCCNC(=O)c1cnn(-c2ccc(F)cc2)c1CC. The summed E-state index contributed by atoms with van der Waals surface area (Å²) in [5, 5.41) is 10.3. The second kappa shape index (κ2) is 7.70. The summed E-state index contributed by atoms with van der Waals surface area (Å²) >= 11 is 0. The zero-order valence-corrected chi connectivity index (χ0v) is 12.9. The van der Waals surface area contributed by atoms with Gasteiger partial charge in [-0.1, -0.05) is 13.8 Å². The van der Waals surface area contributed by atoms with Gasteiger partial charge in [-0.2, -0.15) is 5.10 Å². The van der Waals surface area contributed by atoms with E-state index in [9.17, 15) is 9.18 Å². The fraction of sp³-hybridized carbons (Fsp3) is 0.375. The normalized spacial score (nSPS) is 10.7. The van der Waals surface area contributed by atoms with Crippen LogP contribution >= 0.6 is 0 Å². The van der Waals surface area contributed by atoms with E-state index in [4.69, 9.17) is 0 Å².